The highest BCUT2D eigenvalue weighted by Crippen LogP contribution is 2.26. The molecule has 1 unspecified atom stereocenters. The number of aliphatic imine (C=N–C) groups is 1. The fourth-order valence-electron chi connectivity index (χ4n) is 1.67. The lowest BCUT2D eigenvalue weighted by Crippen LogP contribution is -2.35. The Morgan fingerprint density at radius 1 is 1.53 bits per heavy atom. The van der Waals surface area contributed by atoms with Gasteiger partial charge >= 0.3 is 5.97 Å². The third-order valence-electron chi connectivity index (χ3n) is 2.31. The highest BCUT2D eigenvalue weighted by molar-refractivity contribution is 6.24. The molecule has 7 nitrogen and oxygen atoms in total. The number of hydrogen-bond donors (Lipinski definition) is 0. The van der Waals surface area contributed by atoms with Gasteiger partial charge in [0.1, 0.15) is 12.2 Å². The summed E-state index contributed by atoms with van der Waals surface area (Å²) in [4.78, 5) is 36.0. The number of carbonyl (C=O) groups excluding carboxylic acids is 2. The molecule has 1 atom stereocenters. The molecule has 0 N–H and O–H groups in total. The average Bonchev–Trinajstić information content (AvgIpc) is 2.47. The second-order valence-corrected chi connectivity index (χ2v) is 3.22. The fourth-order valence-corrected chi connectivity index (χ4v) is 1.67. The molecule has 0 aliphatic carbocycles. The largest absolute Gasteiger partial charge is 0.457 e. The molecule has 0 spiro atoms. The average molecular weight is 210 g/mol. The normalized spacial score (nSPS) is 24.9. The number of carbonyl (C=O) groups is 2. The first kappa shape index (κ1) is 9.50. The molecular formula is C8H6N2O5. The molecule has 7 heteroatoms. The van der Waals surface area contributed by atoms with Crippen LogP contribution in [0.4, 0.5) is 0 Å². The summed E-state index contributed by atoms with van der Waals surface area (Å²) in [7, 11) is 0. The maximum absolute atomic E-state index is 11.3. The van der Waals surface area contributed by atoms with Crippen molar-refractivity contribution in [3.05, 3.63) is 21.3 Å². The van der Waals surface area contributed by atoms with Gasteiger partial charge in [0.15, 0.2) is 0 Å². The highest BCUT2D eigenvalue weighted by Gasteiger charge is 2.44. The summed E-state index contributed by atoms with van der Waals surface area (Å²) in [5.41, 5.74) is -0.0770. The van der Waals surface area contributed by atoms with Gasteiger partial charge in [0.25, 0.3) is 11.9 Å². The van der Waals surface area contributed by atoms with Crippen LogP contribution in [0.3, 0.4) is 0 Å². The van der Waals surface area contributed by atoms with Crippen molar-refractivity contribution in [3.8, 4) is 0 Å². The van der Waals surface area contributed by atoms with Crippen LogP contribution in [0.2, 0.25) is 0 Å². The highest BCUT2D eigenvalue weighted by atomic mass is 16.6. The van der Waals surface area contributed by atoms with E-state index in [0.29, 0.717) is 0 Å². The lowest BCUT2D eigenvalue weighted by Gasteiger charge is -2.12. The van der Waals surface area contributed by atoms with E-state index < -0.39 is 22.8 Å². The molecule has 0 saturated heterocycles. The van der Waals surface area contributed by atoms with Crippen molar-refractivity contribution in [2.24, 2.45) is 4.99 Å². The summed E-state index contributed by atoms with van der Waals surface area (Å²) >= 11 is 0. The van der Waals surface area contributed by atoms with Gasteiger partial charge in [-0.05, 0) is 6.92 Å². The molecule has 0 radical (unpaired) electrons. The Balaban J connectivity index is 2.54. The summed E-state index contributed by atoms with van der Waals surface area (Å²) < 4.78 is 4.59. The number of hydrogen-bond acceptors (Lipinski definition) is 5. The fraction of sp³-hybridized carbons (Fsp3) is 0.375. The predicted octanol–water partition coefficient (Wildman–Crippen LogP) is -0.514. The van der Waals surface area contributed by atoms with E-state index in [9.17, 15) is 19.7 Å². The first-order valence-corrected chi connectivity index (χ1v) is 4.15. The van der Waals surface area contributed by atoms with Crippen molar-refractivity contribution < 1.29 is 19.2 Å². The maximum Gasteiger partial charge on any atom is 0.344 e. The molecule has 2 aliphatic rings. The number of rotatable bonds is 1. The molecule has 0 aromatic heterocycles. The molecule has 2 aliphatic heterocycles. The van der Waals surface area contributed by atoms with E-state index in [-0.39, 0.29) is 23.5 Å². The van der Waals surface area contributed by atoms with Gasteiger partial charge in [0, 0.05) is 4.92 Å². The first-order valence-electron chi connectivity index (χ1n) is 4.15. The molecule has 2 rings (SSSR count). The molecule has 0 aromatic carbocycles. The third-order valence-corrected chi connectivity index (χ3v) is 2.31. The van der Waals surface area contributed by atoms with Crippen LogP contribution in [0.1, 0.15) is 6.92 Å². The molecule has 15 heavy (non-hydrogen) atoms. The van der Waals surface area contributed by atoms with E-state index in [1.54, 1.807) is 0 Å². The Morgan fingerprint density at radius 2 is 2.20 bits per heavy atom. The SMILES string of the molecule is CC1=NC(=O)C2=C(COC2=O)C1[N+](=O)[O-]. The number of esters is 1. The van der Waals surface area contributed by atoms with Crippen molar-refractivity contribution in [2.45, 2.75) is 13.0 Å². The third kappa shape index (κ3) is 1.24. The van der Waals surface area contributed by atoms with Crippen molar-refractivity contribution in [3.63, 3.8) is 0 Å². The standard InChI is InChI=1S/C8H6N2O5/c1-3-6(10(13)14)4-2-15-8(12)5(4)7(11)9-3/h6H,2H2,1H3. The van der Waals surface area contributed by atoms with Crippen molar-refractivity contribution in [1.82, 2.24) is 0 Å². The molecule has 0 saturated carbocycles. The van der Waals surface area contributed by atoms with Crippen LogP contribution in [0.5, 0.6) is 0 Å². The number of cyclic esters (lactones) is 1. The zero-order valence-electron chi connectivity index (χ0n) is 7.72. The Bertz CT molecular complexity index is 448. The van der Waals surface area contributed by atoms with E-state index in [1.807, 2.05) is 0 Å². The maximum atomic E-state index is 11.3. The second kappa shape index (κ2) is 2.97. The molecule has 78 valence electrons. The quantitative estimate of drug-likeness (QED) is 0.251. The van der Waals surface area contributed by atoms with Crippen LogP contribution in [0, 0.1) is 10.1 Å². The number of nitrogens with zero attached hydrogens (tertiary/aromatic N) is 2. The number of nitro groups is 1. The van der Waals surface area contributed by atoms with Crippen molar-refractivity contribution in [2.75, 3.05) is 6.61 Å². The van der Waals surface area contributed by atoms with E-state index in [0.717, 1.165) is 0 Å². The molecule has 2 heterocycles. The number of ether oxygens (including phenoxy) is 1. The van der Waals surface area contributed by atoms with Gasteiger partial charge in [0.05, 0.1) is 11.3 Å². The minimum atomic E-state index is -1.20. The summed E-state index contributed by atoms with van der Waals surface area (Å²) in [5.74, 6) is -1.57. The Morgan fingerprint density at radius 3 is 2.80 bits per heavy atom. The van der Waals surface area contributed by atoms with Gasteiger partial charge in [-0.1, -0.05) is 0 Å². The smallest absolute Gasteiger partial charge is 0.344 e. The van der Waals surface area contributed by atoms with Gasteiger partial charge in [-0.15, -0.1) is 0 Å². The zero-order valence-corrected chi connectivity index (χ0v) is 7.72. The molecule has 0 aromatic rings. The molecule has 0 bridgehead atoms. The molecular weight excluding hydrogens is 204 g/mol. The van der Waals surface area contributed by atoms with Crippen molar-refractivity contribution in [1.29, 1.82) is 0 Å². The minimum Gasteiger partial charge on any atom is -0.457 e. The second-order valence-electron chi connectivity index (χ2n) is 3.22. The van der Waals surface area contributed by atoms with Crippen molar-refractivity contribution >= 4 is 17.6 Å². The number of amides is 1. The first-order chi connectivity index (χ1) is 7.02. The molecule has 0 fully saturated rings. The van der Waals surface area contributed by atoms with E-state index >= 15 is 0 Å². The van der Waals surface area contributed by atoms with Gasteiger partial charge in [-0.2, -0.15) is 0 Å². The molecule has 1 amide bonds. The van der Waals surface area contributed by atoms with Crippen LogP contribution in [0.15, 0.2) is 16.1 Å². The Hall–Kier alpha value is -2.05. The van der Waals surface area contributed by atoms with Gasteiger partial charge in [-0.25, -0.2) is 9.79 Å². The summed E-state index contributed by atoms with van der Waals surface area (Å²) in [5, 5.41) is 10.7. The van der Waals surface area contributed by atoms with Gasteiger partial charge in [0.2, 0.25) is 0 Å². The Kier molecular flexibility index (Phi) is 1.88. The van der Waals surface area contributed by atoms with Crippen LogP contribution in [-0.4, -0.2) is 35.2 Å². The van der Waals surface area contributed by atoms with Gasteiger partial charge < -0.3 is 4.74 Å². The van der Waals surface area contributed by atoms with E-state index in [1.165, 1.54) is 6.92 Å². The summed E-state index contributed by atoms with van der Waals surface area (Å²) in [6, 6.07) is -1.20. The van der Waals surface area contributed by atoms with Crippen LogP contribution >= 0.6 is 0 Å². The summed E-state index contributed by atoms with van der Waals surface area (Å²) in [6.07, 6.45) is 0. The Labute approximate surface area is 83.6 Å². The van der Waals surface area contributed by atoms with Gasteiger partial charge in [-0.3, -0.25) is 14.9 Å². The minimum absolute atomic E-state index is 0.0852. The van der Waals surface area contributed by atoms with Crippen LogP contribution < -0.4 is 0 Å². The van der Waals surface area contributed by atoms with E-state index in [2.05, 4.69) is 9.73 Å². The zero-order chi connectivity index (χ0) is 11.2. The van der Waals surface area contributed by atoms with Crippen LogP contribution in [0.25, 0.3) is 0 Å². The summed E-state index contributed by atoms with van der Waals surface area (Å²) in [6.45, 7) is 1.19. The lowest BCUT2D eigenvalue weighted by molar-refractivity contribution is -0.493. The lowest BCUT2D eigenvalue weighted by atomic mass is 9.96. The predicted molar refractivity (Wildman–Crippen MR) is 46.9 cm³/mol. The van der Waals surface area contributed by atoms with Crippen LogP contribution in [-0.2, 0) is 14.3 Å². The number of dihydropyridines is 1. The monoisotopic (exact) mass is 210 g/mol. The van der Waals surface area contributed by atoms with E-state index in [4.69, 9.17) is 0 Å². The topological polar surface area (TPSA) is 98.9 Å².